The molecule has 5 heteroatoms. The normalized spacial score (nSPS) is 19.1. The van der Waals surface area contributed by atoms with Gasteiger partial charge in [-0.1, -0.05) is 29.8 Å². The fourth-order valence-electron chi connectivity index (χ4n) is 2.28. The van der Waals surface area contributed by atoms with Crippen LogP contribution in [0.4, 0.5) is 5.95 Å². The molecule has 0 aliphatic carbocycles. The third-order valence-electron chi connectivity index (χ3n) is 3.41. The van der Waals surface area contributed by atoms with Crippen LogP contribution in [0.15, 0.2) is 41.1 Å². The Morgan fingerprint density at radius 2 is 1.90 bits per heavy atom. The van der Waals surface area contributed by atoms with E-state index in [0.29, 0.717) is 6.61 Å². The van der Waals surface area contributed by atoms with Crippen LogP contribution in [0.1, 0.15) is 17.2 Å². The maximum atomic E-state index is 5.87. The first kappa shape index (κ1) is 13.5. The summed E-state index contributed by atoms with van der Waals surface area (Å²) in [5, 5.41) is 0. The first-order valence-corrected chi connectivity index (χ1v) is 7.42. The highest BCUT2D eigenvalue weighted by atomic mass is 79.9. The van der Waals surface area contributed by atoms with Crippen molar-refractivity contribution in [1.29, 1.82) is 0 Å². The van der Waals surface area contributed by atoms with Crippen LogP contribution in [0.5, 0.6) is 0 Å². The number of halogens is 1. The van der Waals surface area contributed by atoms with Crippen molar-refractivity contribution >= 4 is 21.9 Å². The molecule has 0 N–H and O–H groups in total. The van der Waals surface area contributed by atoms with Gasteiger partial charge in [-0.2, -0.15) is 0 Å². The van der Waals surface area contributed by atoms with Crippen LogP contribution in [0.25, 0.3) is 0 Å². The lowest BCUT2D eigenvalue weighted by molar-refractivity contribution is 0.0392. The maximum Gasteiger partial charge on any atom is 0.225 e. The number of aryl methyl sites for hydroxylation is 1. The minimum Gasteiger partial charge on any atom is -0.370 e. The van der Waals surface area contributed by atoms with E-state index in [9.17, 15) is 0 Å². The predicted octanol–water partition coefficient (Wildman–Crippen LogP) is 3.13. The standard InChI is InChI=1S/C15H16BrN3O/c1-11-2-4-12(5-3-11)14-10-19(6-7-20-14)15-17-8-13(16)9-18-15/h2-5,8-9,14H,6-7,10H2,1H3. The minimum absolute atomic E-state index is 0.0802. The monoisotopic (exact) mass is 333 g/mol. The lowest BCUT2D eigenvalue weighted by Crippen LogP contribution is -2.39. The molecule has 1 saturated heterocycles. The molecule has 1 aliphatic heterocycles. The van der Waals surface area contributed by atoms with Crippen molar-refractivity contribution < 1.29 is 4.74 Å². The first-order chi connectivity index (χ1) is 9.72. The van der Waals surface area contributed by atoms with Gasteiger partial charge in [0.1, 0.15) is 6.10 Å². The summed E-state index contributed by atoms with van der Waals surface area (Å²) in [4.78, 5) is 10.9. The van der Waals surface area contributed by atoms with Gasteiger partial charge in [0.15, 0.2) is 0 Å². The molecular formula is C15H16BrN3O. The molecule has 0 radical (unpaired) electrons. The second-order valence-electron chi connectivity index (χ2n) is 4.92. The number of aromatic nitrogens is 2. The van der Waals surface area contributed by atoms with E-state index >= 15 is 0 Å². The molecule has 4 nitrogen and oxygen atoms in total. The van der Waals surface area contributed by atoms with Gasteiger partial charge in [-0.25, -0.2) is 9.97 Å². The molecule has 1 unspecified atom stereocenters. The molecule has 20 heavy (non-hydrogen) atoms. The highest BCUT2D eigenvalue weighted by molar-refractivity contribution is 9.10. The van der Waals surface area contributed by atoms with Crippen molar-refractivity contribution in [1.82, 2.24) is 9.97 Å². The van der Waals surface area contributed by atoms with Crippen molar-refractivity contribution in [3.05, 3.63) is 52.3 Å². The summed E-state index contributed by atoms with van der Waals surface area (Å²) >= 11 is 3.36. The fourth-order valence-corrected chi connectivity index (χ4v) is 2.49. The van der Waals surface area contributed by atoms with E-state index in [-0.39, 0.29) is 6.10 Å². The molecule has 1 aromatic carbocycles. The molecule has 0 amide bonds. The summed E-state index contributed by atoms with van der Waals surface area (Å²) in [5.74, 6) is 0.758. The van der Waals surface area contributed by atoms with E-state index in [1.807, 2.05) is 0 Å². The Kier molecular flexibility index (Phi) is 3.98. The molecular weight excluding hydrogens is 318 g/mol. The zero-order valence-corrected chi connectivity index (χ0v) is 12.9. The van der Waals surface area contributed by atoms with Gasteiger partial charge >= 0.3 is 0 Å². The van der Waals surface area contributed by atoms with Crippen molar-refractivity contribution in [3.63, 3.8) is 0 Å². The van der Waals surface area contributed by atoms with Gasteiger partial charge in [0.05, 0.1) is 17.6 Å². The van der Waals surface area contributed by atoms with E-state index in [4.69, 9.17) is 4.74 Å². The van der Waals surface area contributed by atoms with Crippen LogP contribution < -0.4 is 4.90 Å². The average molecular weight is 334 g/mol. The van der Waals surface area contributed by atoms with E-state index in [1.165, 1.54) is 11.1 Å². The van der Waals surface area contributed by atoms with Crippen molar-refractivity contribution in [3.8, 4) is 0 Å². The third kappa shape index (κ3) is 2.99. The maximum absolute atomic E-state index is 5.87. The number of ether oxygens (including phenoxy) is 1. The molecule has 3 rings (SSSR count). The Morgan fingerprint density at radius 3 is 2.60 bits per heavy atom. The van der Waals surface area contributed by atoms with Gasteiger partial charge in [0.25, 0.3) is 0 Å². The van der Waals surface area contributed by atoms with Crippen molar-refractivity contribution in [2.24, 2.45) is 0 Å². The van der Waals surface area contributed by atoms with Gasteiger partial charge < -0.3 is 9.64 Å². The van der Waals surface area contributed by atoms with Gasteiger partial charge in [0, 0.05) is 18.9 Å². The zero-order valence-electron chi connectivity index (χ0n) is 11.3. The topological polar surface area (TPSA) is 38.2 Å². The van der Waals surface area contributed by atoms with E-state index in [2.05, 4.69) is 62.0 Å². The number of rotatable bonds is 2. The Labute approximate surface area is 126 Å². The van der Waals surface area contributed by atoms with Crippen LogP contribution in [-0.2, 0) is 4.74 Å². The summed E-state index contributed by atoms with van der Waals surface area (Å²) in [6.45, 7) is 4.39. The zero-order chi connectivity index (χ0) is 13.9. The minimum atomic E-state index is 0.0802. The summed E-state index contributed by atoms with van der Waals surface area (Å²) in [5.41, 5.74) is 2.47. The van der Waals surface area contributed by atoms with Gasteiger partial charge in [-0.15, -0.1) is 0 Å². The van der Waals surface area contributed by atoms with Crippen LogP contribution in [-0.4, -0.2) is 29.7 Å². The molecule has 1 aromatic heterocycles. The molecule has 1 fully saturated rings. The summed E-state index contributed by atoms with van der Waals surface area (Å²) in [7, 11) is 0. The molecule has 1 atom stereocenters. The Balaban J connectivity index is 1.76. The number of morpholine rings is 1. The highest BCUT2D eigenvalue weighted by Crippen LogP contribution is 2.24. The fraction of sp³-hybridized carbons (Fsp3) is 0.333. The van der Waals surface area contributed by atoms with Crippen LogP contribution >= 0.6 is 15.9 Å². The molecule has 2 aromatic rings. The molecule has 2 heterocycles. The van der Waals surface area contributed by atoms with Crippen LogP contribution in [0, 0.1) is 6.92 Å². The highest BCUT2D eigenvalue weighted by Gasteiger charge is 2.23. The predicted molar refractivity (Wildman–Crippen MR) is 81.8 cm³/mol. The van der Waals surface area contributed by atoms with Gasteiger partial charge in [-0.05, 0) is 28.4 Å². The van der Waals surface area contributed by atoms with Crippen molar-refractivity contribution in [2.75, 3.05) is 24.6 Å². The Bertz CT molecular complexity index is 519. The van der Waals surface area contributed by atoms with Crippen molar-refractivity contribution in [2.45, 2.75) is 13.0 Å². The first-order valence-electron chi connectivity index (χ1n) is 6.63. The largest absolute Gasteiger partial charge is 0.370 e. The van der Waals surface area contributed by atoms with Crippen LogP contribution in [0.3, 0.4) is 0 Å². The second kappa shape index (κ2) is 5.89. The SMILES string of the molecule is Cc1ccc(C2CN(c3ncc(Br)cn3)CCO2)cc1. The number of nitrogens with zero attached hydrogens (tertiary/aromatic N) is 3. The summed E-state index contributed by atoms with van der Waals surface area (Å²) in [6, 6.07) is 8.50. The Hall–Kier alpha value is -1.46. The van der Waals surface area contributed by atoms with E-state index < -0.39 is 0 Å². The lowest BCUT2D eigenvalue weighted by Gasteiger charge is -2.33. The number of hydrogen-bond donors (Lipinski definition) is 0. The second-order valence-corrected chi connectivity index (χ2v) is 5.83. The summed E-state index contributed by atoms with van der Waals surface area (Å²) in [6.07, 6.45) is 3.63. The molecule has 1 aliphatic rings. The quantitative estimate of drug-likeness (QED) is 0.846. The molecule has 0 spiro atoms. The number of anilines is 1. The van der Waals surface area contributed by atoms with Crippen LogP contribution in [0.2, 0.25) is 0 Å². The number of benzene rings is 1. The lowest BCUT2D eigenvalue weighted by atomic mass is 10.1. The third-order valence-corrected chi connectivity index (χ3v) is 3.81. The van der Waals surface area contributed by atoms with Gasteiger partial charge in [-0.3, -0.25) is 0 Å². The molecule has 0 saturated carbocycles. The smallest absolute Gasteiger partial charge is 0.225 e. The van der Waals surface area contributed by atoms with E-state index in [1.54, 1.807) is 12.4 Å². The Morgan fingerprint density at radius 1 is 1.20 bits per heavy atom. The van der Waals surface area contributed by atoms with Gasteiger partial charge in [0.2, 0.25) is 5.95 Å². The number of hydrogen-bond acceptors (Lipinski definition) is 4. The molecule has 0 bridgehead atoms. The summed E-state index contributed by atoms with van der Waals surface area (Å²) < 4.78 is 6.77. The van der Waals surface area contributed by atoms with E-state index in [0.717, 1.165) is 23.5 Å². The average Bonchev–Trinajstić information content (AvgIpc) is 2.49. The molecule has 104 valence electrons.